The first kappa shape index (κ1) is 86.3. The fourth-order valence-electron chi connectivity index (χ4n) is 14.6. The van der Waals surface area contributed by atoms with Crippen LogP contribution in [0.15, 0.2) is 400 Å². The highest BCUT2D eigenvalue weighted by Crippen LogP contribution is 2.38. The highest BCUT2D eigenvalue weighted by Gasteiger charge is 2.28. The van der Waals surface area contributed by atoms with Crippen molar-refractivity contribution in [3.05, 3.63) is 453 Å². The standard InChI is InChI=1S/C42H26F2N6.C36H22F2N6.C33H18F5N3/c43-35-23-19-33(20-24-35)41-48-40(49-42(50-41)34-21-25-36(44)26-22-34)32-17-13-28(14-18-32)27-11-15-31(16-12-27)39-46-37(29-7-3-1-4-8-29)45-38(47-39)30-9-5-2-6-10-30;37-29-19-15-27(16-20-29)35-42-34(43-36(44-35)28-17-21-30(38)22-18-28)26-13-11-25(12-14-26)33-40-31(23-7-3-1-4-8-23)39-32(41-33)24-9-5-2-6-10-24;34-26-25(27(35)29(37)30(38)28(26)36)21-15-11-19(12-16-21)20-13-17-24(18-14-20)33-40-31(22-7-3-1-4-8-22)39-32(41-33)23-9-5-2-6-10-23/h1-26H;1-22H;1-18H. The largest absolute Gasteiger partial charge is 0.208 e. The van der Waals surface area contributed by atoms with Crippen molar-refractivity contribution in [1.82, 2.24) is 74.8 Å². The highest BCUT2D eigenvalue weighted by molar-refractivity contribution is 5.78. The Morgan fingerprint density at radius 1 is 0.0963 bits per heavy atom. The van der Waals surface area contributed by atoms with Crippen molar-refractivity contribution in [1.29, 1.82) is 0 Å². The Kier molecular flexibility index (Phi) is 25.0. The summed E-state index contributed by atoms with van der Waals surface area (Å²) < 4.78 is 124. The van der Waals surface area contributed by atoms with Crippen molar-refractivity contribution >= 4 is 0 Å². The van der Waals surface area contributed by atoms with Crippen molar-refractivity contribution in [3.8, 4) is 204 Å². The monoisotopic (exact) mass is 1780 g/mol. The van der Waals surface area contributed by atoms with E-state index in [4.69, 9.17) is 59.8 Å². The summed E-state index contributed by atoms with van der Waals surface area (Å²) in [6.07, 6.45) is 0. The Hall–Kier alpha value is -18.1. The van der Waals surface area contributed by atoms with Crippen LogP contribution in [0.25, 0.3) is 204 Å². The number of benzene rings is 16. The molecule has 21 aromatic rings. The molecule has 0 fully saturated rings. The average Bonchev–Trinajstić information content (AvgIpc) is 0.761. The van der Waals surface area contributed by atoms with Crippen molar-refractivity contribution in [2.45, 2.75) is 0 Å². The lowest BCUT2D eigenvalue weighted by Gasteiger charge is -2.10. The minimum Gasteiger partial charge on any atom is -0.208 e. The van der Waals surface area contributed by atoms with E-state index < -0.39 is 34.6 Å². The quantitative estimate of drug-likeness (QED) is 0.0447. The molecule has 21 rings (SSSR count). The van der Waals surface area contributed by atoms with E-state index in [0.717, 1.165) is 77.9 Å². The lowest BCUT2D eigenvalue weighted by molar-refractivity contribution is 0.381. The molecule has 0 spiro atoms. The van der Waals surface area contributed by atoms with Crippen molar-refractivity contribution in [3.63, 3.8) is 0 Å². The van der Waals surface area contributed by atoms with E-state index in [2.05, 4.69) is 15.0 Å². The second-order valence-corrected chi connectivity index (χ2v) is 30.6. The second-order valence-electron chi connectivity index (χ2n) is 30.6. The maximum absolute atomic E-state index is 14.3. The van der Waals surface area contributed by atoms with Gasteiger partial charge in [0, 0.05) is 83.5 Å². The zero-order valence-corrected chi connectivity index (χ0v) is 70.7. The molecule has 0 saturated heterocycles. The van der Waals surface area contributed by atoms with Gasteiger partial charge in [0.15, 0.2) is 111 Å². The molecular formula is C111H66F9N15. The molecule has 0 atom stereocenters. The van der Waals surface area contributed by atoms with Crippen LogP contribution in [0.2, 0.25) is 0 Å². The molecule has 0 N–H and O–H groups in total. The third-order valence-corrected chi connectivity index (χ3v) is 21.7. The summed E-state index contributed by atoms with van der Waals surface area (Å²) in [7, 11) is 0. The molecular weight excluding hydrogens is 1710 g/mol. The zero-order chi connectivity index (χ0) is 92.3. The van der Waals surface area contributed by atoms with E-state index in [9.17, 15) is 39.5 Å². The van der Waals surface area contributed by atoms with Crippen LogP contribution in [0.1, 0.15) is 0 Å². The number of halogens is 9. The average molecular weight is 1780 g/mol. The summed E-state index contributed by atoms with van der Waals surface area (Å²) in [4.78, 5) is 70.9. The third kappa shape index (κ3) is 19.8. The molecule has 0 unspecified atom stereocenters. The first-order valence-corrected chi connectivity index (χ1v) is 42.3. The van der Waals surface area contributed by atoms with Crippen molar-refractivity contribution < 1.29 is 39.5 Å². The van der Waals surface area contributed by atoms with E-state index in [0.29, 0.717) is 115 Å². The Bertz CT molecular complexity index is 7460. The van der Waals surface area contributed by atoms with Crippen LogP contribution in [-0.4, -0.2) is 74.8 Å². The third-order valence-electron chi connectivity index (χ3n) is 21.7. The van der Waals surface area contributed by atoms with Gasteiger partial charge in [0.2, 0.25) is 5.82 Å². The zero-order valence-electron chi connectivity index (χ0n) is 70.7. The molecule has 5 aromatic heterocycles. The highest BCUT2D eigenvalue weighted by atomic mass is 19.2. The van der Waals surface area contributed by atoms with Gasteiger partial charge in [-0.15, -0.1) is 0 Å². The van der Waals surface area contributed by atoms with Gasteiger partial charge in [-0.3, -0.25) is 0 Å². The molecule has 0 radical (unpaired) electrons. The molecule has 15 nitrogen and oxygen atoms in total. The number of rotatable bonds is 18. The first-order valence-electron chi connectivity index (χ1n) is 42.3. The van der Waals surface area contributed by atoms with Gasteiger partial charge in [0.1, 0.15) is 23.3 Å². The van der Waals surface area contributed by atoms with Gasteiger partial charge in [-0.25, -0.2) is 114 Å². The fraction of sp³-hybridized carbons (Fsp3) is 0. The molecule has 0 aliphatic heterocycles. The van der Waals surface area contributed by atoms with Crippen LogP contribution in [-0.2, 0) is 0 Å². The minimum atomic E-state index is -2.19. The van der Waals surface area contributed by atoms with Crippen molar-refractivity contribution in [2.75, 3.05) is 0 Å². The van der Waals surface area contributed by atoms with E-state index in [1.165, 1.54) is 60.7 Å². The van der Waals surface area contributed by atoms with Gasteiger partial charge in [-0.1, -0.05) is 303 Å². The van der Waals surface area contributed by atoms with Crippen LogP contribution >= 0.6 is 0 Å². The van der Waals surface area contributed by atoms with Crippen LogP contribution in [0.3, 0.4) is 0 Å². The summed E-state index contributed by atoms with van der Waals surface area (Å²) in [6, 6.07) is 119. The normalized spacial score (nSPS) is 11.0. The Morgan fingerprint density at radius 2 is 0.200 bits per heavy atom. The molecule has 16 aromatic carbocycles. The molecule has 5 heterocycles. The molecule has 0 bridgehead atoms. The molecule has 0 saturated carbocycles. The first-order chi connectivity index (χ1) is 66.0. The maximum Gasteiger partial charge on any atom is 0.200 e. The predicted octanol–water partition coefficient (Wildman–Crippen LogP) is 27.2. The smallest absolute Gasteiger partial charge is 0.200 e. The molecule has 135 heavy (non-hydrogen) atoms. The van der Waals surface area contributed by atoms with Gasteiger partial charge in [0.05, 0.1) is 5.56 Å². The predicted molar refractivity (Wildman–Crippen MR) is 504 cm³/mol. The van der Waals surface area contributed by atoms with E-state index in [1.807, 2.05) is 279 Å². The van der Waals surface area contributed by atoms with Crippen LogP contribution < -0.4 is 0 Å². The minimum absolute atomic E-state index is 0.134. The molecule has 648 valence electrons. The van der Waals surface area contributed by atoms with E-state index in [-0.39, 0.29) is 28.8 Å². The number of nitrogens with zero attached hydrogens (tertiary/aromatic N) is 15. The van der Waals surface area contributed by atoms with E-state index >= 15 is 0 Å². The van der Waals surface area contributed by atoms with Gasteiger partial charge in [-0.05, 0) is 125 Å². The summed E-state index contributed by atoms with van der Waals surface area (Å²) in [5.41, 5.74) is 14.1. The van der Waals surface area contributed by atoms with Gasteiger partial charge in [-0.2, -0.15) is 0 Å². The summed E-state index contributed by atoms with van der Waals surface area (Å²) in [6.45, 7) is 0. The maximum atomic E-state index is 14.3. The molecule has 0 aliphatic carbocycles. The van der Waals surface area contributed by atoms with Gasteiger partial charge < -0.3 is 0 Å². The van der Waals surface area contributed by atoms with Crippen LogP contribution in [0, 0.1) is 52.4 Å². The van der Waals surface area contributed by atoms with Crippen molar-refractivity contribution in [2.24, 2.45) is 0 Å². The molecule has 0 aliphatic rings. The number of hydrogen-bond acceptors (Lipinski definition) is 15. The summed E-state index contributed by atoms with van der Waals surface area (Å²) in [5.74, 6) is -3.95. The fourth-order valence-corrected chi connectivity index (χ4v) is 14.6. The topological polar surface area (TPSA) is 193 Å². The lowest BCUT2D eigenvalue weighted by atomic mass is 9.98. The van der Waals surface area contributed by atoms with E-state index in [1.54, 1.807) is 60.7 Å². The Balaban J connectivity index is 0.000000131. The van der Waals surface area contributed by atoms with Gasteiger partial charge in [0.25, 0.3) is 0 Å². The molecule has 24 heteroatoms. The molecule has 0 amide bonds. The number of aromatic nitrogens is 15. The lowest BCUT2D eigenvalue weighted by Crippen LogP contribution is -2.03. The Morgan fingerprint density at radius 3 is 0.341 bits per heavy atom. The van der Waals surface area contributed by atoms with Gasteiger partial charge >= 0.3 is 0 Å². The van der Waals surface area contributed by atoms with Crippen LogP contribution in [0.5, 0.6) is 0 Å². The summed E-state index contributed by atoms with van der Waals surface area (Å²) in [5, 5.41) is 0. The second kappa shape index (κ2) is 39.1. The summed E-state index contributed by atoms with van der Waals surface area (Å²) >= 11 is 0. The Labute approximate surface area is 766 Å². The number of hydrogen-bond donors (Lipinski definition) is 0. The van der Waals surface area contributed by atoms with Crippen LogP contribution in [0.4, 0.5) is 39.5 Å². The SMILES string of the molecule is Fc1c(F)c(F)c(-c2ccc(-c3ccc(-c4nc(-c5ccccc5)nc(-c5ccccc5)n4)cc3)cc2)c(F)c1F.Fc1ccc(-c2nc(-c3ccc(F)cc3)nc(-c3ccc(-c4ccc(-c5nc(-c6ccccc6)nc(-c6ccccc6)n5)cc4)cc3)n2)cc1.Fc1ccc(-c2nc(-c3ccc(F)cc3)nc(-c3ccc(-c4nc(-c5ccccc5)nc(-c5ccccc5)n4)cc3)n2)cc1.